The Labute approximate surface area is 158 Å². The van der Waals surface area contributed by atoms with Crippen LogP contribution in [0.15, 0.2) is 18.2 Å². The third-order valence-electron chi connectivity index (χ3n) is 4.31. The van der Waals surface area contributed by atoms with Crippen molar-refractivity contribution >= 4 is 39.2 Å². The minimum absolute atomic E-state index is 0.0647. The molecule has 0 radical (unpaired) electrons. The molecule has 0 saturated carbocycles. The van der Waals surface area contributed by atoms with E-state index >= 15 is 0 Å². The minimum atomic E-state index is -3.21. The van der Waals surface area contributed by atoms with Gasteiger partial charge in [0, 0.05) is 24.7 Å². The molecule has 0 spiro atoms. The van der Waals surface area contributed by atoms with Crippen LogP contribution in [-0.2, 0) is 19.6 Å². The molecule has 0 unspecified atom stereocenters. The SMILES string of the molecule is CCOC(=O)c1ccc(NC(=O)C2CCN(S(=O)(=O)CC)CC2)cc1Cl. The van der Waals surface area contributed by atoms with E-state index in [9.17, 15) is 18.0 Å². The van der Waals surface area contributed by atoms with Gasteiger partial charge in [-0.15, -0.1) is 0 Å². The van der Waals surface area contributed by atoms with Crippen LogP contribution in [0, 0.1) is 5.92 Å². The summed E-state index contributed by atoms with van der Waals surface area (Å²) in [7, 11) is -3.21. The Hall–Kier alpha value is -1.64. The van der Waals surface area contributed by atoms with Crippen LogP contribution >= 0.6 is 11.6 Å². The Morgan fingerprint density at radius 1 is 1.27 bits per heavy atom. The number of anilines is 1. The summed E-state index contributed by atoms with van der Waals surface area (Å²) < 4.78 is 30.1. The van der Waals surface area contributed by atoms with Crippen LogP contribution in [0.1, 0.15) is 37.0 Å². The van der Waals surface area contributed by atoms with E-state index in [0.29, 0.717) is 31.6 Å². The summed E-state index contributed by atoms with van der Waals surface area (Å²) in [5.41, 5.74) is 0.723. The van der Waals surface area contributed by atoms with Crippen molar-refractivity contribution < 1.29 is 22.7 Å². The van der Waals surface area contributed by atoms with E-state index in [4.69, 9.17) is 16.3 Å². The Morgan fingerprint density at radius 3 is 2.46 bits per heavy atom. The molecule has 0 atom stereocenters. The molecule has 144 valence electrons. The standard InChI is InChI=1S/C17H23ClN2O5S/c1-3-25-17(22)14-6-5-13(11-15(14)18)19-16(21)12-7-9-20(10-8-12)26(23,24)4-2/h5-6,11-12H,3-4,7-10H2,1-2H3,(H,19,21). The normalized spacial score (nSPS) is 16.3. The highest BCUT2D eigenvalue weighted by molar-refractivity contribution is 7.89. The topological polar surface area (TPSA) is 92.8 Å². The molecular weight excluding hydrogens is 380 g/mol. The fourth-order valence-corrected chi connectivity index (χ4v) is 4.18. The molecule has 1 aliphatic heterocycles. The number of nitrogens with zero attached hydrogens (tertiary/aromatic N) is 1. The second kappa shape index (κ2) is 8.83. The number of piperidine rings is 1. The van der Waals surface area contributed by atoms with Gasteiger partial charge in [0.15, 0.2) is 0 Å². The van der Waals surface area contributed by atoms with Crippen molar-refractivity contribution in [2.45, 2.75) is 26.7 Å². The molecule has 1 aromatic rings. The van der Waals surface area contributed by atoms with Gasteiger partial charge in [0.2, 0.25) is 15.9 Å². The quantitative estimate of drug-likeness (QED) is 0.738. The second-order valence-corrected chi connectivity index (χ2v) is 8.64. The molecule has 0 aliphatic carbocycles. The van der Waals surface area contributed by atoms with Crippen molar-refractivity contribution in [1.82, 2.24) is 4.31 Å². The number of ether oxygens (including phenoxy) is 1. The first-order valence-corrected chi connectivity index (χ1v) is 10.5. The lowest BCUT2D eigenvalue weighted by molar-refractivity contribution is -0.120. The van der Waals surface area contributed by atoms with Crippen LogP contribution in [0.2, 0.25) is 5.02 Å². The van der Waals surface area contributed by atoms with Gasteiger partial charge in [-0.25, -0.2) is 17.5 Å². The van der Waals surface area contributed by atoms with Gasteiger partial charge in [0.1, 0.15) is 0 Å². The summed E-state index contributed by atoms with van der Waals surface area (Å²) in [5.74, 6) is -0.893. The monoisotopic (exact) mass is 402 g/mol. The van der Waals surface area contributed by atoms with Crippen molar-refractivity contribution in [3.63, 3.8) is 0 Å². The summed E-state index contributed by atoms with van der Waals surface area (Å²) >= 11 is 6.09. The van der Waals surface area contributed by atoms with Crippen molar-refractivity contribution in [1.29, 1.82) is 0 Å². The minimum Gasteiger partial charge on any atom is -0.462 e. The summed E-state index contributed by atoms with van der Waals surface area (Å²) in [4.78, 5) is 24.1. The number of carbonyl (C=O) groups excluding carboxylic acids is 2. The van der Waals surface area contributed by atoms with Crippen molar-refractivity contribution in [3.8, 4) is 0 Å². The zero-order chi connectivity index (χ0) is 19.3. The number of hydrogen-bond donors (Lipinski definition) is 1. The van der Waals surface area contributed by atoms with Crippen LogP contribution in [0.4, 0.5) is 5.69 Å². The number of nitrogens with one attached hydrogen (secondary N) is 1. The molecule has 1 saturated heterocycles. The number of sulfonamides is 1. The lowest BCUT2D eigenvalue weighted by atomic mass is 9.97. The highest BCUT2D eigenvalue weighted by Gasteiger charge is 2.30. The molecule has 1 aliphatic rings. The Morgan fingerprint density at radius 2 is 1.92 bits per heavy atom. The average molecular weight is 403 g/mol. The third kappa shape index (κ3) is 4.96. The Kier molecular flexibility index (Phi) is 7.02. The van der Waals surface area contributed by atoms with Gasteiger partial charge < -0.3 is 10.1 Å². The van der Waals surface area contributed by atoms with Gasteiger partial charge >= 0.3 is 5.97 Å². The second-order valence-electron chi connectivity index (χ2n) is 5.98. The van der Waals surface area contributed by atoms with Crippen LogP contribution in [0.25, 0.3) is 0 Å². The molecule has 1 N–H and O–H groups in total. The highest BCUT2D eigenvalue weighted by Crippen LogP contribution is 2.25. The molecule has 1 aromatic carbocycles. The summed E-state index contributed by atoms with van der Waals surface area (Å²) in [6.07, 6.45) is 0.944. The molecule has 0 bridgehead atoms. The smallest absolute Gasteiger partial charge is 0.339 e. The predicted molar refractivity (Wildman–Crippen MR) is 99.8 cm³/mol. The Bertz CT molecular complexity index is 773. The Balaban J connectivity index is 1.96. The maximum absolute atomic E-state index is 12.4. The van der Waals surface area contributed by atoms with Crippen molar-refractivity contribution in [2.24, 2.45) is 5.92 Å². The number of benzene rings is 1. The number of rotatable bonds is 6. The van der Waals surface area contributed by atoms with E-state index in [0.717, 1.165) is 0 Å². The maximum Gasteiger partial charge on any atom is 0.339 e. The average Bonchev–Trinajstić information content (AvgIpc) is 2.62. The zero-order valence-electron chi connectivity index (χ0n) is 14.8. The number of esters is 1. The fourth-order valence-electron chi connectivity index (χ4n) is 2.79. The summed E-state index contributed by atoms with van der Waals surface area (Å²) in [5, 5.41) is 2.97. The number of amides is 1. The molecule has 1 amide bonds. The third-order valence-corrected chi connectivity index (χ3v) is 6.51. The fraction of sp³-hybridized carbons (Fsp3) is 0.529. The van der Waals surface area contributed by atoms with Crippen LogP contribution in [-0.4, -0.2) is 50.0 Å². The molecule has 2 rings (SSSR count). The van der Waals surface area contributed by atoms with Crippen LogP contribution in [0.5, 0.6) is 0 Å². The van der Waals surface area contributed by atoms with E-state index in [2.05, 4.69) is 5.32 Å². The number of hydrogen-bond acceptors (Lipinski definition) is 5. The first-order chi connectivity index (χ1) is 12.3. The molecule has 0 aromatic heterocycles. The summed E-state index contributed by atoms with van der Waals surface area (Å²) in [6.45, 7) is 4.25. The number of carbonyl (C=O) groups is 2. The lowest BCUT2D eigenvalue weighted by Gasteiger charge is -2.30. The van der Waals surface area contributed by atoms with Crippen molar-refractivity contribution in [3.05, 3.63) is 28.8 Å². The van der Waals surface area contributed by atoms with E-state index in [1.807, 2.05) is 0 Å². The highest BCUT2D eigenvalue weighted by atomic mass is 35.5. The molecule has 1 fully saturated rings. The zero-order valence-corrected chi connectivity index (χ0v) is 16.4. The molecule has 26 heavy (non-hydrogen) atoms. The van der Waals surface area contributed by atoms with E-state index < -0.39 is 16.0 Å². The predicted octanol–water partition coefficient (Wildman–Crippen LogP) is 2.52. The van der Waals surface area contributed by atoms with E-state index in [1.54, 1.807) is 19.9 Å². The van der Waals surface area contributed by atoms with Gasteiger partial charge in [-0.1, -0.05) is 11.6 Å². The summed E-state index contributed by atoms with van der Waals surface area (Å²) in [6, 6.07) is 4.60. The van der Waals surface area contributed by atoms with Gasteiger partial charge in [-0.05, 0) is 44.9 Å². The van der Waals surface area contributed by atoms with Crippen molar-refractivity contribution in [2.75, 3.05) is 30.8 Å². The lowest BCUT2D eigenvalue weighted by Crippen LogP contribution is -2.42. The first-order valence-electron chi connectivity index (χ1n) is 8.53. The molecule has 1 heterocycles. The van der Waals surface area contributed by atoms with E-state index in [-0.39, 0.29) is 34.8 Å². The molecular formula is C17H23ClN2O5S. The van der Waals surface area contributed by atoms with Gasteiger partial charge in [0.25, 0.3) is 0 Å². The largest absolute Gasteiger partial charge is 0.462 e. The van der Waals surface area contributed by atoms with Gasteiger partial charge in [0.05, 0.1) is 22.9 Å². The van der Waals surface area contributed by atoms with Gasteiger partial charge in [-0.3, -0.25) is 4.79 Å². The maximum atomic E-state index is 12.4. The van der Waals surface area contributed by atoms with Gasteiger partial charge in [-0.2, -0.15) is 0 Å². The number of halogens is 1. The van der Waals surface area contributed by atoms with E-state index in [1.165, 1.54) is 16.4 Å². The van der Waals surface area contributed by atoms with Crippen LogP contribution in [0.3, 0.4) is 0 Å². The molecule has 7 nitrogen and oxygen atoms in total. The first kappa shape index (κ1) is 20.7. The van der Waals surface area contributed by atoms with Crippen LogP contribution < -0.4 is 5.32 Å². The molecule has 9 heteroatoms.